The van der Waals surface area contributed by atoms with Crippen LogP contribution >= 0.6 is 0 Å². The van der Waals surface area contributed by atoms with Crippen molar-refractivity contribution in [3.63, 3.8) is 0 Å². The number of rotatable bonds is 4. The Morgan fingerprint density at radius 3 is 2.08 bits per heavy atom. The fourth-order valence-electron chi connectivity index (χ4n) is 1.49. The number of benzene rings is 1. The first-order valence-corrected chi connectivity index (χ1v) is 7.13. The predicted octanol–water partition coefficient (Wildman–Crippen LogP) is 4.00. The van der Waals surface area contributed by atoms with Crippen LogP contribution in [0.1, 0.15) is 45.0 Å². The minimum absolute atomic E-state index is 0. The number of carbonyl (C=O) groups excluding carboxylic acids is 1. The molecule has 0 atom stereocenters. The SMILES string of the molecule is CC.[CH2-]CNc1cc(NC(=O)OC(C)(C)C)cc(C(=O)O)c1.[Rf].[Y]. The molecule has 1 amide bonds. The van der Waals surface area contributed by atoms with E-state index < -0.39 is 17.7 Å². The Morgan fingerprint density at radius 1 is 1.17 bits per heavy atom. The molecule has 0 aliphatic carbocycles. The van der Waals surface area contributed by atoms with Crippen LogP contribution in [0.25, 0.3) is 0 Å². The van der Waals surface area contributed by atoms with Gasteiger partial charge in [-0.3, -0.25) is 5.32 Å². The monoisotopic (exact) mass is 665 g/mol. The van der Waals surface area contributed by atoms with Crippen molar-refractivity contribution in [1.82, 2.24) is 0 Å². The number of anilines is 2. The van der Waals surface area contributed by atoms with E-state index in [1.807, 2.05) is 13.8 Å². The van der Waals surface area contributed by atoms with E-state index in [1.165, 1.54) is 12.1 Å². The quantitative estimate of drug-likeness (QED) is 0.424. The summed E-state index contributed by atoms with van der Waals surface area (Å²) in [4.78, 5) is 22.7. The molecule has 129 valence electrons. The number of carbonyl (C=O) groups is 2. The molecular weight excluding hydrogens is 640 g/mol. The van der Waals surface area contributed by atoms with Crippen molar-refractivity contribution in [2.45, 2.75) is 40.2 Å². The molecular formula is C16H25N2O4RfY-. The standard InChI is InChI=1S/C14H19N2O4.C2H6.Rf.Y/c1-5-15-10-6-9(12(17)18)7-11(8-10)16-13(19)20-14(2,3)4;1-2;;/h6-8,15H,1,5H2,2-4H3,(H,16,19)(H,17,18);1-2H3;;/q-1;;;. The molecule has 0 bridgehead atoms. The second-order valence-corrected chi connectivity index (χ2v) is 5.16. The summed E-state index contributed by atoms with van der Waals surface area (Å²) in [5, 5.41) is 14.4. The molecule has 6 nitrogen and oxygen atoms in total. The van der Waals surface area contributed by atoms with Gasteiger partial charge in [0, 0.05) is 44.1 Å². The first-order valence-electron chi connectivity index (χ1n) is 7.13. The third kappa shape index (κ3) is 10.6. The van der Waals surface area contributed by atoms with Crippen molar-refractivity contribution in [2.75, 3.05) is 17.2 Å². The third-order valence-corrected chi connectivity index (χ3v) is 2.15. The zero-order valence-corrected chi connectivity index (χ0v) is 24.3. The van der Waals surface area contributed by atoms with E-state index in [1.54, 1.807) is 26.8 Å². The molecule has 0 saturated carbocycles. The van der Waals surface area contributed by atoms with E-state index in [-0.39, 0.29) is 38.3 Å². The zero-order chi connectivity index (χ0) is 17.3. The van der Waals surface area contributed by atoms with Crippen LogP contribution in [0.15, 0.2) is 18.2 Å². The van der Waals surface area contributed by atoms with Gasteiger partial charge in [0.05, 0.1) is 5.56 Å². The largest absolute Gasteiger partial charge is 0.478 e. The molecule has 0 saturated heterocycles. The Kier molecular flexibility index (Phi) is 13.7. The van der Waals surface area contributed by atoms with Gasteiger partial charge in [-0.25, -0.2) is 9.59 Å². The number of carboxylic acid groups (broad SMARTS) is 1. The third-order valence-electron chi connectivity index (χ3n) is 2.15. The van der Waals surface area contributed by atoms with Gasteiger partial charge in [0.25, 0.3) is 0 Å². The first-order chi connectivity index (χ1) is 10.2. The summed E-state index contributed by atoms with van der Waals surface area (Å²) in [6.07, 6.45) is -0.638. The van der Waals surface area contributed by atoms with Crippen LogP contribution in [0, 0.1) is 6.92 Å². The van der Waals surface area contributed by atoms with Crippen LogP contribution in [0.3, 0.4) is 0 Å². The Bertz CT molecular complexity index is 519. The molecule has 0 aliphatic rings. The molecule has 1 aromatic carbocycles. The summed E-state index contributed by atoms with van der Waals surface area (Å²) in [6.45, 7) is 13.3. The summed E-state index contributed by atoms with van der Waals surface area (Å²) >= 11 is 0. The van der Waals surface area contributed by atoms with Crippen LogP contribution in [0.5, 0.6) is 0 Å². The molecule has 1 radical (unpaired) electrons. The average Bonchev–Trinajstić information content (AvgIpc) is 2.38. The molecule has 0 unspecified atom stereocenters. The normalized spacial score (nSPS) is 9.25. The van der Waals surface area contributed by atoms with Gasteiger partial charge in [-0.1, -0.05) is 13.8 Å². The molecule has 8 heteroatoms. The average molecular weight is 665 g/mol. The van der Waals surface area contributed by atoms with Gasteiger partial charge in [-0.2, -0.15) is 0 Å². The molecule has 3 N–H and O–H groups in total. The molecule has 0 fully saturated rings. The van der Waals surface area contributed by atoms with Crippen molar-refractivity contribution in [2.24, 2.45) is 0 Å². The Hall–Kier alpha value is -2.14. The van der Waals surface area contributed by atoms with Gasteiger partial charge in [0.15, 0.2) is 0 Å². The second kappa shape index (κ2) is 12.3. The summed E-state index contributed by atoms with van der Waals surface area (Å²) in [7, 11) is 0. The summed E-state index contributed by atoms with van der Waals surface area (Å²) < 4.78 is 5.11. The summed E-state index contributed by atoms with van der Waals surface area (Å²) in [6, 6.07) is 4.44. The number of aromatic carboxylic acids is 1. The number of carboxylic acids is 1. The van der Waals surface area contributed by atoms with Gasteiger partial charge in [0.2, 0.25) is 0 Å². The zero-order valence-electron chi connectivity index (χ0n) is 15.1. The maximum atomic E-state index is 11.7. The van der Waals surface area contributed by atoms with Gasteiger partial charge in [0.1, 0.15) is 5.60 Å². The van der Waals surface area contributed by atoms with Crippen LogP contribution in [-0.2, 0) is 37.4 Å². The Morgan fingerprint density at radius 2 is 1.67 bits per heavy atom. The maximum absolute atomic E-state index is 11.7. The Balaban J connectivity index is -0.00000106. The number of hydrogen-bond donors (Lipinski definition) is 3. The number of amides is 1. The van der Waals surface area contributed by atoms with Crippen molar-refractivity contribution in [3.05, 3.63) is 30.7 Å². The van der Waals surface area contributed by atoms with Gasteiger partial charge < -0.3 is 22.1 Å². The topological polar surface area (TPSA) is 87.7 Å². The number of hydrogen-bond acceptors (Lipinski definition) is 4. The van der Waals surface area contributed by atoms with E-state index in [0.29, 0.717) is 17.9 Å². The molecule has 24 heavy (non-hydrogen) atoms. The second-order valence-electron chi connectivity index (χ2n) is 5.16. The van der Waals surface area contributed by atoms with Crippen molar-refractivity contribution < 1.29 is 52.1 Å². The number of ether oxygens (including phenoxy) is 1. The van der Waals surface area contributed by atoms with Crippen molar-refractivity contribution >= 4 is 23.4 Å². The van der Waals surface area contributed by atoms with Crippen LogP contribution in [0.4, 0.5) is 16.2 Å². The molecule has 0 heterocycles. The predicted molar refractivity (Wildman–Crippen MR) is 88.5 cm³/mol. The van der Waals surface area contributed by atoms with Crippen molar-refractivity contribution in [3.8, 4) is 0 Å². The fraction of sp³-hybridized carbons (Fsp3) is 0.438. The van der Waals surface area contributed by atoms with Crippen LogP contribution in [0.2, 0.25) is 0 Å². The van der Waals surface area contributed by atoms with Crippen LogP contribution in [-0.4, -0.2) is 29.3 Å². The first kappa shape index (κ1) is 26.7. The minimum atomic E-state index is -1.08. The fourth-order valence-corrected chi connectivity index (χ4v) is 1.49. The van der Waals surface area contributed by atoms with E-state index in [4.69, 9.17) is 9.84 Å². The van der Waals surface area contributed by atoms with E-state index in [0.717, 1.165) is 0 Å². The smallest absolute Gasteiger partial charge is 0.412 e. The molecule has 0 aromatic heterocycles. The maximum Gasteiger partial charge on any atom is 0.412 e. The minimum Gasteiger partial charge on any atom is -0.478 e. The van der Waals surface area contributed by atoms with Crippen LogP contribution < -0.4 is 10.6 Å². The molecule has 1 rings (SSSR count). The van der Waals surface area contributed by atoms with Crippen molar-refractivity contribution in [1.29, 1.82) is 0 Å². The van der Waals surface area contributed by atoms with E-state index >= 15 is 0 Å². The summed E-state index contributed by atoms with van der Waals surface area (Å²) in [5.41, 5.74) is 0.346. The van der Waals surface area contributed by atoms with Gasteiger partial charge in [-0.15, -0.1) is 6.54 Å². The van der Waals surface area contributed by atoms with E-state index in [9.17, 15) is 9.59 Å². The Labute approximate surface area is 163 Å². The molecule has 1 aromatic rings. The summed E-state index contributed by atoms with van der Waals surface area (Å²) in [5.74, 6) is -1.08. The molecule has 0 spiro atoms. The van der Waals surface area contributed by atoms with Gasteiger partial charge in [-0.05, 0) is 39.0 Å². The van der Waals surface area contributed by atoms with E-state index in [2.05, 4.69) is 17.6 Å². The molecule has 0 aliphatic heterocycles. The van der Waals surface area contributed by atoms with Gasteiger partial charge >= 0.3 is 12.1 Å². The number of nitrogens with one attached hydrogen (secondary N) is 2.